The molecule has 1 nitrogen and oxygen atoms in total. The van der Waals surface area contributed by atoms with Gasteiger partial charge in [-0.2, -0.15) is 0 Å². The average molecular weight is 316 g/mol. The Balaban J connectivity index is 1.93. The normalized spacial score (nSPS) is 11.0. The topological polar surface area (TPSA) is 13.1 Å². The van der Waals surface area contributed by atoms with E-state index in [0.717, 1.165) is 16.9 Å². The third-order valence-electron chi connectivity index (χ3n) is 3.90. The Hall–Kier alpha value is -2.45. The monoisotopic (exact) mass is 316 g/mol. The molecule has 1 aromatic heterocycles. The molecule has 0 radical (unpaired) electrons. The first-order chi connectivity index (χ1) is 11.3. The Labute approximate surface area is 140 Å². The first-order valence-corrected chi connectivity index (χ1v) is 8.45. The third kappa shape index (κ3) is 2.66. The van der Waals surface area contributed by atoms with Gasteiger partial charge >= 0.3 is 0 Å². The van der Waals surface area contributed by atoms with Crippen LogP contribution in [0.5, 0.6) is 0 Å². The van der Waals surface area contributed by atoms with E-state index in [1.54, 1.807) is 11.8 Å². The lowest BCUT2D eigenvalue weighted by Gasteiger charge is -2.06. The van der Waals surface area contributed by atoms with Crippen molar-refractivity contribution in [2.75, 3.05) is 0 Å². The molecular weight excluding hydrogens is 300 g/mol. The summed E-state index contributed by atoms with van der Waals surface area (Å²) in [4.78, 5) is 2.40. The lowest BCUT2D eigenvalue weighted by molar-refractivity contribution is 0.624. The van der Waals surface area contributed by atoms with Crippen LogP contribution in [0, 0.1) is 6.92 Å². The van der Waals surface area contributed by atoms with Crippen LogP contribution in [0.2, 0.25) is 0 Å². The molecular formula is C21H16OS. The van der Waals surface area contributed by atoms with Crippen LogP contribution < -0.4 is 0 Å². The molecule has 0 fully saturated rings. The zero-order valence-corrected chi connectivity index (χ0v) is 13.6. The molecule has 23 heavy (non-hydrogen) atoms. The Morgan fingerprint density at radius 3 is 2.26 bits per heavy atom. The summed E-state index contributed by atoms with van der Waals surface area (Å²) in [7, 11) is 0. The van der Waals surface area contributed by atoms with Crippen molar-refractivity contribution in [2.45, 2.75) is 16.7 Å². The van der Waals surface area contributed by atoms with Gasteiger partial charge in [-0.15, -0.1) is 0 Å². The second kappa shape index (κ2) is 5.98. The van der Waals surface area contributed by atoms with Crippen LogP contribution in [0.15, 0.2) is 93.1 Å². The van der Waals surface area contributed by atoms with Crippen LogP contribution >= 0.6 is 11.8 Å². The molecule has 0 bridgehead atoms. The van der Waals surface area contributed by atoms with Gasteiger partial charge in [0.15, 0.2) is 0 Å². The molecule has 0 saturated heterocycles. The molecule has 0 unspecified atom stereocenters. The van der Waals surface area contributed by atoms with Crippen LogP contribution in [-0.2, 0) is 0 Å². The van der Waals surface area contributed by atoms with Crippen molar-refractivity contribution >= 4 is 22.7 Å². The largest absolute Gasteiger partial charge is 0.455 e. The maximum atomic E-state index is 6.22. The molecule has 0 aliphatic carbocycles. The van der Waals surface area contributed by atoms with Gasteiger partial charge in [-0.3, -0.25) is 0 Å². The summed E-state index contributed by atoms with van der Waals surface area (Å²) in [5.41, 5.74) is 3.31. The number of benzene rings is 3. The predicted octanol–water partition coefficient (Wildman–Crippen LogP) is 6.56. The maximum absolute atomic E-state index is 6.22. The van der Waals surface area contributed by atoms with E-state index in [0.29, 0.717) is 0 Å². The van der Waals surface area contributed by atoms with E-state index < -0.39 is 0 Å². The smallest absolute Gasteiger partial charge is 0.149 e. The zero-order valence-electron chi connectivity index (χ0n) is 12.8. The van der Waals surface area contributed by atoms with E-state index in [4.69, 9.17) is 4.42 Å². The number of fused-ring (bicyclic) bond motifs is 1. The highest BCUT2D eigenvalue weighted by molar-refractivity contribution is 7.99. The van der Waals surface area contributed by atoms with Gasteiger partial charge in [-0.1, -0.05) is 66.4 Å². The Bertz CT molecular complexity index is 954. The molecule has 0 amide bonds. The number of hydrogen-bond donors (Lipinski definition) is 0. The molecule has 0 atom stereocenters. The van der Waals surface area contributed by atoms with Crippen molar-refractivity contribution in [3.05, 3.63) is 84.4 Å². The van der Waals surface area contributed by atoms with Crippen molar-refractivity contribution in [3.8, 4) is 11.3 Å². The summed E-state index contributed by atoms with van der Waals surface area (Å²) in [6.45, 7) is 2.12. The van der Waals surface area contributed by atoms with Crippen molar-refractivity contribution in [1.29, 1.82) is 0 Å². The van der Waals surface area contributed by atoms with Crippen LogP contribution in [0.3, 0.4) is 0 Å². The lowest BCUT2D eigenvalue weighted by atomic mass is 10.1. The first kappa shape index (κ1) is 14.2. The molecule has 0 aliphatic heterocycles. The minimum absolute atomic E-state index is 0.934. The Kier molecular flexibility index (Phi) is 3.68. The number of para-hydroxylation sites is 1. The fourth-order valence-electron chi connectivity index (χ4n) is 2.73. The van der Waals surface area contributed by atoms with Gasteiger partial charge in [0.25, 0.3) is 0 Å². The van der Waals surface area contributed by atoms with E-state index in [-0.39, 0.29) is 0 Å². The van der Waals surface area contributed by atoms with Crippen LogP contribution in [0.1, 0.15) is 5.56 Å². The van der Waals surface area contributed by atoms with Gasteiger partial charge in [0.05, 0.1) is 4.90 Å². The quantitative estimate of drug-likeness (QED) is 0.424. The van der Waals surface area contributed by atoms with Gasteiger partial charge in [0.1, 0.15) is 11.3 Å². The molecule has 0 aliphatic rings. The van der Waals surface area contributed by atoms with E-state index in [9.17, 15) is 0 Å². The second-order valence-electron chi connectivity index (χ2n) is 5.49. The van der Waals surface area contributed by atoms with Crippen LogP contribution in [-0.4, -0.2) is 0 Å². The lowest BCUT2D eigenvalue weighted by Crippen LogP contribution is -1.82. The fourth-order valence-corrected chi connectivity index (χ4v) is 3.79. The molecule has 2 heteroatoms. The van der Waals surface area contributed by atoms with Crippen molar-refractivity contribution < 1.29 is 4.42 Å². The van der Waals surface area contributed by atoms with E-state index >= 15 is 0 Å². The highest BCUT2D eigenvalue weighted by Gasteiger charge is 2.17. The second-order valence-corrected chi connectivity index (χ2v) is 6.57. The molecule has 112 valence electrons. The van der Waals surface area contributed by atoms with E-state index in [2.05, 4.69) is 67.6 Å². The minimum Gasteiger partial charge on any atom is -0.455 e. The number of furan rings is 1. The third-order valence-corrected chi connectivity index (χ3v) is 5.02. The van der Waals surface area contributed by atoms with Gasteiger partial charge in [-0.05, 0) is 36.8 Å². The highest BCUT2D eigenvalue weighted by Crippen LogP contribution is 2.43. The van der Waals surface area contributed by atoms with Gasteiger partial charge in [-0.25, -0.2) is 0 Å². The summed E-state index contributed by atoms with van der Waals surface area (Å²) >= 11 is 1.76. The maximum Gasteiger partial charge on any atom is 0.149 e. The van der Waals surface area contributed by atoms with Crippen molar-refractivity contribution in [2.24, 2.45) is 0 Å². The minimum atomic E-state index is 0.934. The zero-order chi connectivity index (χ0) is 15.6. The standard InChI is InChI=1S/C21H16OS/c1-15-9-5-6-12-17(15)20-21(23-16-10-3-2-4-11-16)18-13-7-8-14-19(18)22-20/h2-14H,1H3. The van der Waals surface area contributed by atoms with E-state index in [1.807, 2.05) is 18.2 Å². The van der Waals surface area contributed by atoms with Crippen molar-refractivity contribution in [3.63, 3.8) is 0 Å². The van der Waals surface area contributed by atoms with Crippen LogP contribution in [0.4, 0.5) is 0 Å². The van der Waals surface area contributed by atoms with Crippen molar-refractivity contribution in [1.82, 2.24) is 0 Å². The first-order valence-electron chi connectivity index (χ1n) is 7.63. The molecule has 4 rings (SSSR count). The fraction of sp³-hybridized carbons (Fsp3) is 0.0476. The Morgan fingerprint density at radius 1 is 0.739 bits per heavy atom. The van der Waals surface area contributed by atoms with Gasteiger partial charge < -0.3 is 4.42 Å². The predicted molar refractivity (Wildman–Crippen MR) is 97.0 cm³/mol. The Morgan fingerprint density at radius 2 is 1.43 bits per heavy atom. The molecule has 0 spiro atoms. The van der Waals surface area contributed by atoms with Gasteiger partial charge in [0.2, 0.25) is 0 Å². The SMILES string of the molecule is Cc1ccccc1-c1oc2ccccc2c1Sc1ccccc1. The van der Waals surface area contributed by atoms with Gasteiger partial charge in [0, 0.05) is 15.8 Å². The van der Waals surface area contributed by atoms with Crippen LogP contribution in [0.25, 0.3) is 22.3 Å². The molecule has 3 aromatic carbocycles. The summed E-state index contributed by atoms with van der Waals surface area (Å²) in [6.07, 6.45) is 0. The summed E-state index contributed by atoms with van der Waals surface area (Å²) in [6, 6.07) is 27.1. The van der Waals surface area contributed by atoms with E-state index in [1.165, 1.54) is 20.7 Å². The highest BCUT2D eigenvalue weighted by atomic mass is 32.2. The molecule has 0 N–H and O–H groups in total. The molecule has 4 aromatic rings. The average Bonchev–Trinajstić information content (AvgIpc) is 2.95. The summed E-state index contributed by atoms with van der Waals surface area (Å²) < 4.78 is 6.22. The number of hydrogen-bond acceptors (Lipinski definition) is 2. The molecule has 0 saturated carbocycles. The number of rotatable bonds is 3. The summed E-state index contributed by atoms with van der Waals surface area (Å²) in [5.74, 6) is 0.957. The number of aryl methyl sites for hydroxylation is 1. The molecule has 1 heterocycles. The summed E-state index contributed by atoms with van der Waals surface area (Å²) in [5, 5.41) is 1.17.